The summed E-state index contributed by atoms with van der Waals surface area (Å²) < 4.78 is 7.65. The van der Waals surface area contributed by atoms with Crippen LogP contribution in [-0.4, -0.2) is 63.3 Å². The number of aromatic nitrogens is 4. The number of carbonyl (C=O) groups is 1. The highest BCUT2D eigenvalue weighted by atomic mass is 16.5. The predicted octanol–water partition coefficient (Wildman–Crippen LogP) is 5.86. The Bertz CT molecular complexity index is 1380. The van der Waals surface area contributed by atoms with Gasteiger partial charge in [0.15, 0.2) is 5.65 Å². The number of fused-ring (bicyclic) bond motifs is 1. The number of ether oxygens (including phenoxy) is 1. The number of unbranched alkanes of at least 4 members (excludes halogenated alkanes) is 1. The van der Waals surface area contributed by atoms with Crippen LogP contribution in [0, 0.1) is 0 Å². The molecule has 0 saturated carbocycles. The molecule has 3 heterocycles. The molecule has 39 heavy (non-hydrogen) atoms. The van der Waals surface area contributed by atoms with Gasteiger partial charge in [0.1, 0.15) is 17.4 Å². The van der Waals surface area contributed by atoms with Crippen LogP contribution in [-0.2, 0) is 0 Å². The lowest BCUT2D eigenvalue weighted by Gasteiger charge is -2.36. The first-order valence-corrected chi connectivity index (χ1v) is 14.2. The van der Waals surface area contributed by atoms with E-state index in [2.05, 4.69) is 25.7 Å². The Hall–Kier alpha value is -3.94. The fourth-order valence-corrected chi connectivity index (χ4v) is 5.02. The summed E-state index contributed by atoms with van der Waals surface area (Å²) in [6.07, 6.45) is 6.08. The minimum atomic E-state index is 0.0525. The standard InChI is InChI=1S/C31H38N6O2/c1-4-6-21-39-26-15-13-24(14-16-26)31(38)36-19-17-35(18-20-36)29-27-22-32-37(25-11-8-7-9-12-25)30(27)34-28(33-29)23(3)10-5-2/h7-9,11-16,22-23H,4-6,10,17-21H2,1-3H3/t23-/m0/s1. The molecule has 0 N–H and O–H groups in total. The van der Waals surface area contributed by atoms with Gasteiger partial charge in [-0.15, -0.1) is 0 Å². The zero-order valence-corrected chi connectivity index (χ0v) is 23.2. The Morgan fingerprint density at radius 3 is 2.38 bits per heavy atom. The summed E-state index contributed by atoms with van der Waals surface area (Å²) in [6.45, 7) is 9.88. The van der Waals surface area contributed by atoms with Crippen molar-refractivity contribution in [3.05, 3.63) is 72.2 Å². The van der Waals surface area contributed by atoms with E-state index in [-0.39, 0.29) is 11.8 Å². The fraction of sp³-hybridized carbons (Fsp3) is 0.419. The molecule has 8 heteroatoms. The highest BCUT2D eigenvalue weighted by Crippen LogP contribution is 2.30. The Morgan fingerprint density at radius 1 is 0.949 bits per heavy atom. The van der Waals surface area contributed by atoms with E-state index in [1.807, 2.05) is 70.4 Å². The van der Waals surface area contributed by atoms with Crippen LogP contribution in [0.4, 0.5) is 5.82 Å². The van der Waals surface area contributed by atoms with Crippen molar-refractivity contribution in [3.8, 4) is 11.4 Å². The van der Waals surface area contributed by atoms with E-state index >= 15 is 0 Å². The number of carbonyl (C=O) groups excluding carboxylic acids is 1. The topological polar surface area (TPSA) is 76.4 Å². The van der Waals surface area contributed by atoms with Crippen LogP contribution >= 0.6 is 0 Å². The molecule has 2 aromatic heterocycles. The van der Waals surface area contributed by atoms with Crippen molar-refractivity contribution in [2.24, 2.45) is 0 Å². The van der Waals surface area contributed by atoms with E-state index in [9.17, 15) is 4.79 Å². The molecule has 204 valence electrons. The van der Waals surface area contributed by atoms with Crippen molar-refractivity contribution in [1.29, 1.82) is 0 Å². The van der Waals surface area contributed by atoms with E-state index in [4.69, 9.17) is 19.8 Å². The van der Waals surface area contributed by atoms with Crippen molar-refractivity contribution in [2.75, 3.05) is 37.7 Å². The predicted molar refractivity (Wildman–Crippen MR) is 155 cm³/mol. The first kappa shape index (κ1) is 26.7. The second-order valence-corrected chi connectivity index (χ2v) is 10.2. The SMILES string of the molecule is CCCCOc1ccc(C(=O)N2CCN(c3nc([C@@H](C)CCC)nc4c3cnn4-c3ccccc3)CC2)cc1. The van der Waals surface area contributed by atoms with Gasteiger partial charge in [0, 0.05) is 37.7 Å². The maximum Gasteiger partial charge on any atom is 0.253 e. The van der Waals surface area contributed by atoms with Crippen LogP contribution in [0.1, 0.15) is 68.6 Å². The minimum absolute atomic E-state index is 0.0525. The number of nitrogens with zero attached hydrogens (tertiary/aromatic N) is 6. The number of para-hydroxylation sites is 1. The maximum absolute atomic E-state index is 13.2. The Morgan fingerprint density at radius 2 is 1.69 bits per heavy atom. The van der Waals surface area contributed by atoms with Gasteiger partial charge in [-0.25, -0.2) is 14.6 Å². The molecule has 0 aliphatic carbocycles. The molecule has 0 spiro atoms. The lowest BCUT2D eigenvalue weighted by atomic mass is 10.1. The maximum atomic E-state index is 13.2. The zero-order chi connectivity index (χ0) is 27.2. The number of piperazine rings is 1. The van der Waals surface area contributed by atoms with E-state index < -0.39 is 0 Å². The van der Waals surface area contributed by atoms with E-state index in [1.165, 1.54) is 0 Å². The third-order valence-electron chi connectivity index (χ3n) is 7.32. The third-order valence-corrected chi connectivity index (χ3v) is 7.32. The van der Waals surface area contributed by atoms with Gasteiger partial charge in [0.25, 0.3) is 5.91 Å². The molecule has 5 rings (SSSR count). The summed E-state index contributed by atoms with van der Waals surface area (Å²) in [4.78, 5) is 27.5. The van der Waals surface area contributed by atoms with Gasteiger partial charge in [-0.2, -0.15) is 5.10 Å². The molecule has 8 nitrogen and oxygen atoms in total. The summed E-state index contributed by atoms with van der Waals surface area (Å²) in [6, 6.07) is 17.6. The largest absolute Gasteiger partial charge is 0.494 e. The van der Waals surface area contributed by atoms with Crippen molar-refractivity contribution in [2.45, 2.75) is 52.4 Å². The van der Waals surface area contributed by atoms with Crippen molar-refractivity contribution in [1.82, 2.24) is 24.6 Å². The summed E-state index contributed by atoms with van der Waals surface area (Å²) in [5.41, 5.74) is 2.49. The quantitative estimate of drug-likeness (QED) is 0.241. The van der Waals surface area contributed by atoms with Crippen LogP contribution in [0.15, 0.2) is 60.8 Å². The van der Waals surface area contributed by atoms with Crippen LogP contribution in [0.25, 0.3) is 16.7 Å². The molecule has 0 unspecified atom stereocenters. The second kappa shape index (κ2) is 12.3. The summed E-state index contributed by atoms with van der Waals surface area (Å²) in [7, 11) is 0. The zero-order valence-electron chi connectivity index (χ0n) is 23.2. The van der Waals surface area contributed by atoms with Gasteiger partial charge in [0.2, 0.25) is 0 Å². The summed E-state index contributed by atoms with van der Waals surface area (Å²) in [5, 5.41) is 5.63. The number of hydrogen-bond donors (Lipinski definition) is 0. The monoisotopic (exact) mass is 526 g/mol. The van der Waals surface area contributed by atoms with Gasteiger partial charge < -0.3 is 14.5 Å². The van der Waals surface area contributed by atoms with Gasteiger partial charge in [-0.1, -0.05) is 51.8 Å². The van der Waals surface area contributed by atoms with Gasteiger partial charge >= 0.3 is 0 Å². The summed E-state index contributed by atoms with van der Waals surface area (Å²) >= 11 is 0. The number of amides is 1. The first-order valence-electron chi connectivity index (χ1n) is 14.2. The van der Waals surface area contributed by atoms with Crippen LogP contribution in [0.3, 0.4) is 0 Å². The average Bonchev–Trinajstić information content (AvgIpc) is 3.42. The highest BCUT2D eigenvalue weighted by molar-refractivity contribution is 5.94. The van der Waals surface area contributed by atoms with Gasteiger partial charge in [0.05, 0.1) is 23.9 Å². The molecule has 1 saturated heterocycles. The molecule has 0 radical (unpaired) electrons. The number of rotatable bonds is 10. The van der Waals surface area contributed by atoms with E-state index in [0.29, 0.717) is 38.3 Å². The molecule has 1 aliphatic heterocycles. The number of hydrogen-bond acceptors (Lipinski definition) is 6. The van der Waals surface area contributed by atoms with Crippen LogP contribution < -0.4 is 9.64 Å². The Kier molecular flexibility index (Phi) is 8.39. The van der Waals surface area contributed by atoms with E-state index in [0.717, 1.165) is 59.8 Å². The van der Waals surface area contributed by atoms with E-state index in [1.54, 1.807) is 0 Å². The van der Waals surface area contributed by atoms with Crippen molar-refractivity contribution >= 4 is 22.8 Å². The number of benzene rings is 2. The molecule has 2 aromatic carbocycles. The average molecular weight is 527 g/mol. The lowest BCUT2D eigenvalue weighted by molar-refractivity contribution is 0.0746. The molecule has 1 aliphatic rings. The van der Waals surface area contributed by atoms with Crippen LogP contribution in [0.5, 0.6) is 5.75 Å². The first-order chi connectivity index (χ1) is 19.1. The summed E-state index contributed by atoms with van der Waals surface area (Å²) in [5.74, 6) is 2.85. The van der Waals surface area contributed by atoms with Crippen molar-refractivity contribution < 1.29 is 9.53 Å². The van der Waals surface area contributed by atoms with Crippen molar-refractivity contribution in [3.63, 3.8) is 0 Å². The smallest absolute Gasteiger partial charge is 0.253 e. The molecular formula is C31H38N6O2. The highest BCUT2D eigenvalue weighted by Gasteiger charge is 2.26. The minimum Gasteiger partial charge on any atom is -0.494 e. The van der Waals surface area contributed by atoms with Crippen LogP contribution in [0.2, 0.25) is 0 Å². The third kappa shape index (κ3) is 5.90. The molecule has 1 amide bonds. The Balaban J connectivity index is 1.35. The molecule has 1 atom stereocenters. The number of anilines is 1. The molecule has 4 aromatic rings. The molecular weight excluding hydrogens is 488 g/mol. The Labute approximate surface area is 230 Å². The second-order valence-electron chi connectivity index (χ2n) is 10.2. The lowest BCUT2D eigenvalue weighted by Crippen LogP contribution is -2.49. The van der Waals surface area contributed by atoms with Gasteiger partial charge in [-0.05, 0) is 49.2 Å². The molecule has 0 bridgehead atoms. The van der Waals surface area contributed by atoms with Gasteiger partial charge in [-0.3, -0.25) is 4.79 Å². The molecule has 1 fully saturated rings. The fourth-order valence-electron chi connectivity index (χ4n) is 5.02. The normalized spacial score (nSPS) is 14.5.